The van der Waals surface area contributed by atoms with Gasteiger partial charge < -0.3 is 5.11 Å². The molecule has 0 aliphatic carbocycles. The molecule has 0 unspecified atom stereocenters. The highest BCUT2D eigenvalue weighted by Crippen LogP contribution is 2.18. The molecule has 1 aromatic heterocycles. The highest BCUT2D eigenvalue weighted by atomic mass is 32.1. The molecule has 1 aliphatic heterocycles. The molecular weight excluding hydrogens is 220 g/mol. The van der Waals surface area contributed by atoms with E-state index in [4.69, 9.17) is 5.11 Å². The first-order chi connectivity index (χ1) is 7.79. The lowest BCUT2D eigenvalue weighted by Gasteiger charge is -2.34. The van der Waals surface area contributed by atoms with Crippen molar-refractivity contribution < 1.29 is 5.11 Å². The van der Waals surface area contributed by atoms with E-state index in [0.717, 1.165) is 39.3 Å². The highest BCUT2D eigenvalue weighted by molar-refractivity contribution is 7.10. The standard InChI is InChI=1S/C12H20N2OS/c1-11-2-9-16-12(11)10-14-5-3-13(4-6-14)7-8-15/h2,9,15H,3-8,10H2,1H3. The van der Waals surface area contributed by atoms with Gasteiger partial charge in [-0.2, -0.15) is 0 Å². The van der Waals surface area contributed by atoms with E-state index in [1.165, 1.54) is 10.4 Å². The summed E-state index contributed by atoms with van der Waals surface area (Å²) in [4.78, 5) is 6.33. The second-order valence-corrected chi connectivity index (χ2v) is 5.37. The molecule has 0 amide bonds. The number of aliphatic hydroxyl groups is 1. The van der Waals surface area contributed by atoms with Crippen LogP contribution in [0.1, 0.15) is 10.4 Å². The van der Waals surface area contributed by atoms with Gasteiger partial charge in [0.05, 0.1) is 6.61 Å². The zero-order valence-electron chi connectivity index (χ0n) is 9.85. The lowest BCUT2D eigenvalue weighted by Crippen LogP contribution is -2.46. The number of nitrogens with zero attached hydrogens (tertiary/aromatic N) is 2. The summed E-state index contributed by atoms with van der Waals surface area (Å²) < 4.78 is 0. The Hall–Kier alpha value is -0.420. The van der Waals surface area contributed by atoms with Crippen LogP contribution < -0.4 is 0 Å². The number of hydrogen-bond acceptors (Lipinski definition) is 4. The van der Waals surface area contributed by atoms with Gasteiger partial charge in [-0.05, 0) is 23.9 Å². The van der Waals surface area contributed by atoms with E-state index in [-0.39, 0.29) is 6.61 Å². The summed E-state index contributed by atoms with van der Waals surface area (Å²) in [6.45, 7) is 8.81. The van der Waals surface area contributed by atoms with Crippen molar-refractivity contribution in [3.8, 4) is 0 Å². The third-order valence-electron chi connectivity index (χ3n) is 3.22. The quantitative estimate of drug-likeness (QED) is 0.856. The molecule has 0 spiro atoms. The van der Waals surface area contributed by atoms with Crippen LogP contribution >= 0.6 is 11.3 Å². The number of β-amino-alcohol motifs (C(OH)–C–C–N with tert-alkyl or cyclic N) is 1. The molecule has 1 aromatic rings. The minimum Gasteiger partial charge on any atom is -0.395 e. The predicted octanol–water partition coefficient (Wildman–Crippen LogP) is 1.17. The van der Waals surface area contributed by atoms with Crippen LogP contribution in [-0.4, -0.2) is 54.2 Å². The average Bonchev–Trinajstić information content (AvgIpc) is 2.68. The van der Waals surface area contributed by atoms with Crippen LogP contribution in [0.15, 0.2) is 11.4 Å². The zero-order chi connectivity index (χ0) is 11.4. The summed E-state index contributed by atoms with van der Waals surface area (Å²) in [5.41, 5.74) is 1.42. The normalized spacial score (nSPS) is 19.1. The van der Waals surface area contributed by atoms with Crippen molar-refractivity contribution in [2.75, 3.05) is 39.3 Å². The number of aryl methyl sites for hydroxylation is 1. The summed E-state index contributed by atoms with van der Waals surface area (Å²) in [6.07, 6.45) is 0. The maximum absolute atomic E-state index is 8.87. The van der Waals surface area contributed by atoms with Crippen molar-refractivity contribution in [2.45, 2.75) is 13.5 Å². The van der Waals surface area contributed by atoms with Gasteiger partial charge in [-0.1, -0.05) is 0 Å². The van der Waals surface area contributed by atoms with E-state index in [9.17, 15) is 0 Å². The Bertz CT molecular complexity index is 319. The van der Waals surface area contributed by atoms with E-state index < -0.39 is 0 Å². The van der Waals surface area contributed by atoms with Gasteiger partial charge in [-0.3, -0.25) is 9.80 Å². The van der Waals surface area contributed by atoms with Crippen LogP contribution in [0, 0.1) is 6.92 Å². The molecule has 0 atom stereocenters. The van der Waals surface area contributed by atoms with Crippen LogP contribution in [0.4, 0.5) is 0 Å². The van der Waals surface area contributed by atoms with Crippen molar-refractivity contribution in [2.24, 2.45) is 0 Å². The molecule has 1 saturated heterocycles. The Labute approximate surface area is 101 Å². The predicted molar refractivity (Wildman–Crippen MR) is 67.9 cm³/mol. The summed E-state index contributed by atoms with van der Waals surface area (Å²) >= 11 is 1.86. The number of hydrogen-bond donors (Lipinski definition) is 1. The van der Waals surface area contributed by atoms with Gasteiger partial charge in [0.25, 0.3) is 0 Å². The highest BCUT2D eigenvalue weighted by Gasteiger charge is 2.17. The summed E-state index contributed by atoms with van der Waals surface area (Å²) in [7, 11) is 0. The van der Waals surface area contributed by atoms with Gasteiger partial charge in [0.15, 0.2) is 0 Å². The monoisotopic (exact) mass is 240 g/mol. The maximum atomic E-state index is 8.87. The van der Waals surface area contributed by atoms with Crippen molar-refractivity contribution in [3.05, 3.63) is 21.9 Å². The van der Waals surface area contributed by atoms with Crippen LogP contribution in [0.5, 0.6) is 0 Å². The first-order valence-corrected chi connectivity index (χ1v) is 6.76. The molecule has 0 aromatic carbocycles. The molecule has 90 valence electrons. The van der Waals surface area contributed by atoms with Crippen LogP contribution in [0.3, 0.4) is 0 Å². The fourth-order valence-electron chi connectivity index (χ4n) is 2.08. The first kappa shape index (κ1) is 12.0. The molecule has 16 heavy (non-hydrogen) atoms. The topological polar surface area (TPSA) is 26.7 Å². The van der Waals surface area contributed by atoms with E-state index in [0.29, 0.717) is 0 Å². The van der Waals surface area contributed by atoms with E-state index in [1.54, 1.807) is 0 Å². The Kier molecular flexibility index (Phi) is 4.35. The van der Waals surface area contributed by atoms with Crippen molar-refractivity contribution in [1.29, 1.82) is 0 Å². The molecule has 3 nitrogen and oxygen atoms in total. The van der Waals surface area contributed by atoms with Gasteiger partial charge in [0.1, 0.15) is 0 Å². The SMILES string of the molecule is Cc1ccsc1CN1CCN(CCO)CC1. The molecule has 2 rings (SSSR count). The van der Waals surface area contributed by atoms with Crippen LogP contribution in [0.2, 0.25) is 0 Å². The summed E-state index contributed by atoms with van der Waals surface area (Å²) in [5, 5.41) is 11.0. The number of rotatable bonds is 4. The number of thiophene rings is 1. The van der Waals surface area contributed by atoms with E-state index >= 15 is 0 Å². The molecule has 0 saturated carbocycles. The van der Waals surface area contributed by atoms with Crippen molar-refractivity contribution >= 4 is 11.3 Å². The molecule has 0 radical (unpaired) electrons. The summed E-state index contributed by atoms with van der Waals surface area (Å²) in [5.74, 6) is 0. The molecule has 4 heteroatoms. The lowest BCUT2D eigenvalue weighted by molar-refractivity contribution is 0.109. The lowest BCUT2D eigenvalue weighted by atomic mass is 10.2. The fourth-order valence-corrected chi connectivity index (χ4v) is 3.03. The van der Waals surface area contributed by atoms with Crippen LogP contribution in [-0.2, 0) is 6.54 Å². The van der Waals surface area contributed by atoms with Gasteiger partial charge in [-0.25, -0.2) is 0 Å². The Morgan fingerprint density at radius 3 is 2.50 bits per heavy atom. The third kappa shape index (κ3) is 3.04. The van der Waals surface area contributed by atoms with E-state index in [2.05, 4.69) is 28.2 Å². The molecule has 0 bridgehead atoms. The summed E-state index contributed by atoms with van der Waals surface area (Å²) in [6, 6.07) is 2.20. The zero-order valence-corrected chi connectivity index (χ0v) is 10.7. The Morgan fingerprint density at radius 2 is 1.94 bits per heavy atom. The maximum Gasteiger partial charge on any atom is 0.0558 e. The second-order valence-electron chi connectivity index (χ2n) is 4.37. The van der Waals surface area contributed by atoms with Gasteiger partial charge in [0, 0.05) is 44.1 Å². The molecule has 1 aliphatic rings. The van der Waals surface area contributed by atoms with Gasteiger partial charge >= 0.3 is 0 Å². The van der Waals surface area contributed by atoms with Crippen LogP contribution in [0.25, 0.3) is 0 Å². The molecule has 1 N–H and O–H groups in total. The Morgan fingerprint density at radius 1 is 1.25 bits per heavy atom. The minimum atomic E-state index is 0.282. The largest absolute Gasteiger partial charge is 0.395 e. The Balaban J connectivity index is 1.79. The minimum absolute atomic E-state index is 0.282. The molecule has 1 fully saturated rings. The van der Waals surface area contributed by atoms with Crippen molar-refractivity contribution in [3.63, 3.8) is 0 Å². The number of aliphatic hydroxyl groups excluding tert-OH is 1. The smallest absolute Gasteiger partial charge is 0.0558 e. The average molecular weight is 240 g/mol. The molecule has 2 heterocycles. The third-order valence-corrected chi connectivity index (χ3v) is 4.22. The first-order valence-electron chi connectivity index (χ1n) is 5.88. The fraction of sp³-hybridized carbons (Fsp3) is 0.667. The van der Waals surface area contributed by atoms with Crippen molar-refractivity contribution in [1.82, 2.24) is 9.80 Å². The van der Waals surface area contributed by atoms with Gasteiger partial charge in [-0.15, -0.1) is 11.3 Å². The molecular formula is C12H20N2OS. The number of piperazine rings is 1. The van der Waals surface area contributed by atoms with Gasteiger partial charge in [0.2, 0.25) is 0 Å². The van der Waals surface area contributed by atoms with E-state index in [1.807, 2.05) is 11.3 Å². The second kappa shape index (κ2) is 5.77.